The molecule has 7 nitrogen and oxygen atoms in total. The van der Waals surface area contributed by atoms with Crippen molar-refractivity contribution >= 4 is 17.5 Å². The Morgan fingerprint density at radius 3 is 2.63 bits per heavy atom. The standard InChI is InChI=1S/C19H20FN5O2/c1-26-16-8-7-13(11-17(16)27-2)9-10-21-19-24-18(12-22-25-19)23-15-6-4-3-5-14(15)20/h3-8,11-12H,9-10H2,1-2H3,(H2,21,23,24,25). The number of halogens is 1. The summed E-state index contributed by atoms with van der Waals surface area (Å²) in [5.74, 6) is 1.78. The number of anilines is 3. The van der Waals surface area contributed by atoms with E-state index in [0.717, 1.165) is 12.0 Å². The molecule has 0 aliphatic carbocycles. The van der Waals surface area contributed by atoms with Gasteiger partial charge in [-0.2, -0.15) is 10.1 Å². The van der Waals surface area contributed by atoms with Gasteiger partial charge >= 0.3 is 0 Å². The predicted octanol–water partition coefficient (Wildman–Crippen LogP) is 3.43. The summed E-state index contributed by atoms with van der Waals surface area (Å²) in [4.78, 5) is 4.29. The monoisotopic (exact) mass is 369 g/mol. The van der Waals surface area contributed by atoms with Gasteiger partial charge in [0.2, 0.25) is 5.95 Å². The second-order valence-corrected chi connectivity index (χ2v) is 5.64. The maximum atomic E-state index is 13.7. The number of ether oxygens (including phenoxy) is 2. The van der Waals surface area contributed by atoms with Gasteiger partial charge < -0.3 is 20.1 Å². The molecule has 0 spiro atoms. The molecule has 0 radical (unpaired) electrons. The number of methoxy groups -OCH3 is 2. The van der Waals surface area contributed by atoms with E-state index in [9.17, 15) is 4.39 Å². The number of rotatable bonds is 8. The van der Waals surface area contributed by atoms with Crippen LogP contribution in [0.15, 0.2) is 48.7 Å². The van der Waals surface area contributed by atoms with Crippen LogP contribution in [0.1, 0.15) is 5.56 Å². The molecule has 140 valence electrons. The number of benzene rings is 2. The van der Waals surface area contributed by atoms with Crippen LogP contribution in [0.25, 0.3) is 0 Å². The zero-order valence-corrected chi connectivity index (χ0v) is 15.1. The zero-order chi connectivity index (χ0) is 19.1. The van der Waals surface area contributed by atoms with Crippen LogP contribution in [-0.4, -0.2) is 35.9 Å². The Bertz CT molecular complexity index is 907. The predicted molar refractivity (Wildman–Crippen MR) is 101 cm³/mol. The highest BCUT2D eigenvalue weighted by atomic mass is 19.1. The van der Waals surface area contributed by atoms with Crippen LogP contribution >= 0.6 is 0 Å². The fourth-order valence-electron chi connectivity index (χ4n) is 2.49. The molecule has 0 aliphatic heterocycles. The summed E-state index contributed by atoms with van der Waals surface area (Å²) in [5, 5.41) is 13.8. The normalized spacial score (nSPS) is 10.3. The number of hydrogen-bond acceptors (Lipinski definition) is 7. The first-order chi connectivity index (χ1) is 13.2. The summed E-state index contributed by atoms with van der Waals surface area (Å²) in [7, 11) is 3.21. The number of nitrogens with one attached hydrogen (secondary N) is 2. The Balaban J connectivity index is 1.60. The van der Waals surface area contributed by atoms with E-state index < -0.39 is 0 Å². The molecule has 1 aromatic heterocycles. The van der Waals surface area contributed by atoms with E-state index in [0.29, 0.717) is 35.5 Å². The Morgan fingerprint density at radius 2 is 1.85 bits per heavy atom. The Morgan fingerprint density at radius 1 is 1.04 bits per heavy atom. The number of hydrogen-bond donors (Lipinski definition) is 2. The maximum Gasteiger partial charge on any atom is 0.244 e. The first-order valence-electron chi connectivity index (χ1n) is 8.35. The van der Waals surface area contributed by atoms with Gasteiger partial charge in [-0.3, -0.25) is 0 Å². The number of aromatic nitrogens is 3. The molecule has 3 rings (SSSR count). The van der Waals surface area contributed by atoms with Crippen LogP contribution in [0.4, 0.5) is 21.8 Å². The lowest BCUT2D eigenvalue weighted by Gasteiger charge is -2.10. The first kappa shape index (κ1) is 18.4. The highest BCUT2D eigenvalue weighted by Gasteiger charge is 2.06. The van der Waals surface area contributed by atoms with E-state index in [4.69, 9.17) is 9.47 Å². The third-order valence-electron chi connectivity index (χ3n) is 3.84. The minimum atomic E-state index is -0.362. The van der Waals surface area contributed by atoms with Gasteiger partial charge in [-0.15, -0.1) is 5.10 Å². The van der Waals surface area contributed by atoms with Crippen molar-refractivity contribution in [3.63, 3.8) is 0 Å². The van der Waals surface area contributed by atoms with Crippen LogP contribution < -0.4 is 20.1 Å². The molecule has 0 bridgehead atoms. The SMILES string of the molecule is COc1ccc(CCNc2nncc(Nc3ccccc3F)n2)cc1OC. The molecular weight excluding hydrogens is 349 g/mol. The van der Waals surface area contributed by atoms with E-state index in [2.05, 4.69) is 25.8 Å². The van der Waals surface area contributed by atoms with E-state index in [-0.39, 0.29) is 5.82 Å². The minimum Gasteiger partial charge on any atom is -0.493 e. The summed E-state index contributed by atoms with van der Waals surface area (Å²) >= 11 is 0. The highest BCUT2D eigenvalue weighted by molar-refractivity contribution is 5.56. The van der Waals surface area contributed by atoms with Gasteiger partial charge in [0.1, 0.15) is 5.82 Å². The van der Waals surface area contributed by atoms with Gasteiger partial charge in [0.25, 0.3) is 0 Å². The van der Waals surface area contributed by atoms with Gasteiger partial charge in [0.15, 0.2) is 17.3 Å². The van der Waals surface area contributed by atoms with Crippen LogP contribution in [0.5, 0.6) is 11.5 Å². The molecule has 0 amide bonds. The maximum absolute atomic E-state index is 13.7. The van der Waals surface area contributed by atoms with Crippen molar-refractivity contribution in [1.82, 2.24) is 15.2 Å². The van der Waals surface area contributed by atoms with Gasteiger partial charge in [-0.05, 0) is 36.2 Å². The molecule has 0 aliphatic rings. The molecule has 3 aromatic rings. The molecule has 0 saturated carbocycles. The number of nitrogens with zero attached hydrogens (tertiary/aromatic N) is 3. The molecule has 2 N–H and O–H groups in total. The molecule has 0 fully saturated rings. The minimum absolute atomic E-state index is 0.328. The van der Waals surface area contributed by atoms with Gasteiger partial charge in [-0.1, -0.05) is 18.2 Å². The van der Waals surface area contributed by atoms with Crippen molar-refractivity contribution in [1.29, 1.82) is 0 Å². The Labute approximate surface area is 156 Å². The molecule has 0 saturated heterocycles. The van der Waals surface area contributed by atoms with Crippen LogP contribution in [0.2, 0.25) is 0 Å². The smallest absolute Gasteiger partial charge is 0.244 e. The highest BCUT2D eigenvalue weighted by Crippen LogP contribution is 2.27. The van der Waals surface area contributed by atoms with E-state index in [1.165, 1.54) is 12.3 Å². The average molecular weight is 369 g/mol. The third-order valence-corrected chi connectivity index (χ3v) is 3.84. The summed E-state index contributed by atoms with van der Waals surface area (Å²) in [6.45, 7) is 0.598. The lowest BCUT2D eigenvalue weighted by atomic mass is 10.1. The largest absolute Gasteiger partial charge is 0.493 e. The average Bonchev–Trinajstić information content (AvgIpc) is 2.70. The van der Waals surface area contributed by atoms with E-state index in [1.807, 2.05) is 18.2 Å². The molecule has 0 atom stereocenters. The number of para-hydroxylation sites is 1. The lowest BCUT2D eigenvalue weighted by Crippen LogP contribution is -2.10. The summed E-state index contributed by atoms with van der Waals surface area (Å²) in [6, 6.07) is 12.1. The second-order valence-electron chi connectivity index (χ2n) is 5.64. The fourth-order valence-corrected chi connectivity index (χ4v) is 2.49. The van der Waals surface area contributed by atoms with Crippen LogP contribution in [0, 0.1) is 5.82 Å². The lowest BCUT2D eigenvalue weighted by molar-refractivity contribution is 0.354. The van der Waals surface area contributed by atoms with Crippen LogP contribution in [-0.2, 0) is 6.42 Å². The second kappa shape index (κ2) is 8.79. The van der Waals surface area contributed by atoms with Crippen molar-refractivity contribution in [2.75, 3.05) is 31.4 Å². The zero-order valence-electron chi connectivity index (χ0n) is 15.1. The topological polar surface area (TPSA) is 81.2 Å². The van der Waals surface area contributed by atoms with Gasteiger partial charge in [0.05, 0.1) is 26.1 Å². The first-order valence-corrected chi connectivity index (χ1v) is 8.35. The van der Waals surface area contributed by atoms with Crippen molar-refractivity contribution < 1.29 is 13.9 Å². The van der Waals surface area contributed by atoms with Gasteiger partial charge in [0, 0.05) is 6.54 Å². The molecule has 8 heteroatoms. The molecule has 2 aromatic carbocycles. The fraction of sp³-hybridized carbons (Fsp3) is 0.211. The Hall–Kier alpha value is -3.42. The van der Waals surface area contributed by atoms with E-state index in [1.54, 1.807) is 32.4 Å². The molecular formula is C19H20FN5O2. The summed E-state index contributed by atoms with van der Waals surface area (Å²) < 4.78 is 24.3. The summed E-state index contributed by atoms with van der Waals surface area (Å²) in [5.41, 5.74) is 1.41. The molecule has 27 heavy (non-hydrogen) atoms. The summed E-state index contributed by atoms with van der Waals surface area (Å²) in [6.07, 6.45) is 2.17. The Kier molecular flexibility index (Phi) is 5.98. The van der Waals surface area contributed by atoms with Crippen molar-refractivity contribution in [3.8, 4) is 11.5 Å². The van der Waals surface area contributed by atoms with E-state index >= 15 is 0 Å². The molecule has 0 unspecified atom stereocenters. The quantitative estimate of drug-likeness (QED) is 0.629. The van der Waals surface area contributed by atoms with Crippen molar-refractivity contribution in [3.05, 3.63) is 60.0 Å². The third kappa shape index (κ3) is 4.81. The van der Waals surface area contributed by atoms with Crippen molar-refractivity contribution in [2.24, 2.45) is 0 Å². The van der Waals surface area contributed by atoms with Crippen LogP contribution in [0.3, 0.4) is 0 Å². The molecule has 1 heterocycles. The van der Waals surface area contributed by atoms with Crippen molar-refractivity contribution in [2.45, 2.75) is 6.42 Å². The van der Waals surface area contributed by atoms with Gasteiger partial charge in [-0.25, -0.2) is 4.39 Å².